The van der Waals surface area contributed by atoms with Crippen molar-refractivity contribution in [2.24, 2.45) is 50.2 Å². The van der Waals surface area contributed by atoms with Crippen molar-refractivity contribution in [2.75, 3.05) is 13.2 Å². The minimum atomic E-state index is -1.19. The van der Waals surface area contributed by atoms with Crippen LogP contribution < -0.4 is 0 Å². The van der Waals surface area contributed by atoms with Gasteiger partial charge >= 0.3 is 0 Å². The van der Waals surface area contributed by atoms with Gasteiger partial charge in [-0.2, -0.15) is 0 Å². The Morgan fingerprint density at radius 1 is 0.778 bits per heavy atom. The van der Waals surface area contributed by atoms with Gasteiger partial charge in [0.15, 0.2) is 0 Å². The fourth-order valence-electron chi connectivity index (χ4n) is 10.9. The Morgan fingerprint density at radius 2 is 1.44 bits per heavy atom. The van der Waals surface area contributed by atoms with Crippen molar-refractivity contribution in [1.82, 2.24) is 0 Å². The van der Waals surface area contributed by atoms with Crippen LogP contribution in [0.5, 0.6) is 0 Å². The molecule has 0 aliphatic heterocycles. The Labute approximate surface area is 216 Å². The van der Waals surface area contributed by atoms with Gasteiger partial charge in [-0.15, -0.1) is 0 Å². The Morgan fingerprint density at radius 3 is 2.06 bits per heavy atom. The van der Waals surface area contributed by atoms with Gasteiger partial charge in [0.1, 0.15) is 0 Å². The first kappa shape index (κ1) is 27.1. The second-order valence-corrected chi connectivity index (χ2v) is 15.1. The summed E-state index contributed by atoms with van der Waals surface area (Å²) in [7, 11) is 0. The van der Waals surface area contributed by atoms with E-state index in [1.54, 1.807) is 0 Å². The zero-order chi connectivity index (χ0) is 26.7. The standard InChI is InChI=1S/C30H50O6/c1-25(2)13-18-17-7-8-20-26(3)11-10-21(33)27(4,15-31)19(26)9-12-28(20,5)29(17,6)14-22(34)30(18,16-32)24(36)23(25)35/h7,18-24,31-36H,8-16H2,1-6H3/t18-,19+,20+,21-,22+,23-,24-,26-,27+,28+,29+,30-/m0/s1. The van der Waals surface area contributed by atoms with Crippen LogP contribution in [0.15, 0.2) is 11.6 Å². The number of aliphatic hydroxyl groups is 6. The first-order valence-corrected chi connectivity index (χ1v) is 14.2. The molecule has 0 amide bonds. The van der Waals surface area contributed by atoms with E-state index in [1.165, 1.54) is 5.57 Å². The lowest BCUT2D eigenvalue weighted by Gasteiger charge is -2.72. The van der Waals surface area contributed by atoms with Gasteiger partial charge in [-0.05, 0) is 84.4 Å². The highest BCUT2D eigenvalue weighted by Gasteiger charge is 2.72. The average Bonchev–Trinajstić information content (AvgIpc) is 2.81. The van der Waals surface area contributed by atoms with Crippen LogP contribution in [0, 0.1) is 50.2 Å². The Hall–Kier alpha value is -0.500. The molecule has 36 heavy (non-hydrogen) atoms. The van der Waals surface area contributed by atoms with Gasteiger partial charge in [-0.25, -0.2) is 0 Å². The van der Waals surface area contributed by atoms with Gasteiger partial charge in [-0.3, -0.25) is 0 Å². The van der Waals surface area contributed by atoms with E-state index in [-0.39, 0.29) is 41.3 Å². The first-order valence-electron chi connectivity index (χ1n) is 14.2. The molecule has 0 saturated heterocycles. The zero-order valence-corrected chi connectivity index (χ0v) is 23.2. The van der Waals surface area contributed by atoms with E-state index in [9.17, 15) is 30.6 Å². The maximum Gasteiger partial charge on any atom is 0.0913 e. The van der Waals surface area contributed by atoms with Crippen LogP contribution in [0.2, 0.25) is 0 Å². The zero-order valence-electron chi connectivity index (χ0n) is 23.2. The summed E-state index contributed by atoms with van der Waals surface area (Å²) in [6, 6.07) is 0. The fraction of sp³-hybridized carbons (Fsp3) is 0.933. The van der Waals surface area contributed by atoms with Gasteiger partial charge in [-0.1, -0.05) is 53.2 Å². The van der Waals surface area contributed by atoms with E-state index < -0.39 is 40.7 Å². The largest absolute Gasteiger partial charge is 0.396 e. The van der Waals surface area contributed by atoms with Crippen LogP contribution in [0.25, 0.3) is 0 Å². The predicted octanol–water partition coefficient (Wildman–Crippen LogP) is 3.03. The molecule has 5 aliphatic carbocycles. The molecule has 0 aromatic carbocycles. The number of rotatable bonds is 2. The van der Waals surface area contributed by atoms with Crippen LogP contribution in [0.1, 0.15) is 86.5 Å². The van der Waals surface area contributed by atoms with Crippen LogP contribution >= 0.6 is 0 Å². The lowest BCUT2D eigenvalue weighted by atomic mass is 9.33. The summed E-state index contributed by atoms with van der Waals surface area (Å²) in [5, 5.41) is 66.1. The number of hydrogen-bond donors (Lipinski definition) is 6. The third-order valence-electron chi connectivity index (χ3n) is 13.5. The molecule has 0 aromatic rings. The highest BCUT2D eigenvalue weighted by Crippen LogP contribution is 2.75. The maximum absolute atomic E-state index is 11.8. The molecular weight excluding hydrogens is 456 g/mol. The third-order valence-corrected chi connectivity index (χ3v) is 13.5. The Kier molecular flexibility index (Phi) is 6.03. The topological polar surface area (TPSA) is 121 Å². The number of allylic oxidation sites excluding steroid dienone is 2. The van der Waals surface area contributed by atoms with E-state index >= 15 is 0 Å². The van der Waals surface area contributed by atoms with Gasteiger partial charge in [0.2, 0.25) is 0 Å². The van der Waals surface area contributed by atoms with Crippen molar-refractivity contribution >= 4 is 0 Å². The van der Waals surface area contributed by atoms with Crippen LogP contribution in [-0.4, -0.2) is 68.3 Å². The molecule has 0 heterocycles. The molecule has 12 atom stereocenters. The summed E-state index contributed by atoms with van der Waals surface area (Å²) in [6.45, 7) is 12.7. The quantitative estimate of drug-likeness (QED) is 0.320. The van der Waals surface area contributed by atoms with Gasteiger partial charge in [0.05, 0.1) is 43.0 Å². The summed E-state index contributed by atoms with van der Waals surface area (Å²) in [5.41, 5.74) is -1.40. The second kappa shape index (κ2) is 8.02. The Bertz CT molecular complexity index is 932. The minimum absolute atomic E-state index is 0.00861. The van der Waals surface area contributed by atoms with Crippen LogP contribution in [-0.2, 0) is 0 Å². The molecule has 4 saturated carbocycles. The molecule has 206 valence electrons. The third kappa shape index (κ3) is 2.95. The molecule has 0 spiro atoms. The lowest BCUT2D eigenvalue weighted by Crippen LogP contribution is -2.71. The summed E-state index contributed by atoms with van der Waals surface area (Å²) in [6.07, 6.45) is 4.21. The number of aliphatic hydroxyl groups excluding tert-OH is 6. The van der Waals surface area contributed by atoms with E-state index in [4.69, 9.17) is 0 Å². The fourth-order valence-corrected chi connectivity index (χ4v) is 10.9. The monoisotopic (exact) mass is 506 g/mol. The molecule has 5 rings (SSSR count). The van der Waals surface area contributed by atoms with Crippen molar-refractivity contribution < 1.29 is 30.6 Å². The number of fused-ring (bicyclic) bond motifs is 7. The highest BCUT2D eigenvalue weighted by atomic mass is 16.3. The molecule has 5 aliphatic rings. The molecular formula is C30H50O6. The molecule has 6 nitrogen and oxygen atoms in total. The summed E-state index contributed by atoms with van der Waals surface area (Å²) >= 11 is 0. The Balaban J connectivity index is 1.63. The van der Waals surface area contributed by atoms with E-state index in [2.05, 4.69) is 33.8 Å². The molecule has 0 aromatic heterocycles. The molecule has 4 fully saturated rings. The summed E-state index contributed by atoms with van der Waals surface area (Å²) in [4.78, 5) is 0. The van der Waals surface area contributed by atoms with Crippen molar-refractivity contribution in [3.8, 4) is 0 Å². The number of hydrogen-bond acceptors (Lipinski definition) is 6. The van der Waals surface area contributed by atoms with E-state index in [0.29, 0.717) is 25.2 Å². The molecule has 6 heteroatoms. The molecule has 0 radical (unpaired) electrons. The average molecular weight is 507 g/mol. The highest BCUT2D eigenvalue weighted by molar-refractivity contribution is 5.36. The van der Waals surface area contributed by atoms with Crippen molar-refractivity contribution in [3.63, 3.8) is 0 Å². The molecule has 0 unspecified atom stereocenters. The lowest BCUT2D eigenvalue weighted by molar-refractivity contribution is -0.259. The summed E-state index contributed by atoms with van der Waals surface area (Å²) in [5.74, 6) is 0.367. The molecule has 6 N–H and O–H groups in total. The van der Waals surface area contributed by atoms with Crippen molar-refractivity contribution in [3.05, 3.63) is 11.6 Å². The van der Waals surface area contributed by atoms with Gasteiger partial charge in [0, 0.05) is 5.41 Å². The first-order chi connectivity index (χ1) is 16.6. The second-order valence-electron chi connectivity index (χ2n) is 15.1. The predicted molar refractivity (Wildman–Crippen MR) is 138 cm³/mol. The van der Waals surface area contributed by atoms with E-state index in [0.717, 1.165) is 25.7 Å². The van der Waals surface area contributed by atoms with Gasteiger partial charge in [0.25, 0.3) is 0 Å². The van der Waals surface area contributed by atoms with Crippen molar-refractivity contribution in [1.29, 1.82) is 0 Å². The van der Waals surface area contributed by atoms with Crippen molar-refractivity contribution in [2.45, 2.75) is 111 Å². The van der Waals surface area contributed by atoms with Crippen LogP contribution in [0.4, 0.5) is 0 Å². The molecule has 0 bridgehead atoms. The normalized spacial score (nSPS) is 58.1. The maximum atomic E-state index is 11.8. The van der Waals surface area contributed by atoms with E-state index in [1.807, 2.05) is 13.8 Å². The smallest absolute Gasteiger partial charge is 0.0913 e. The minimum Gasteiger partial charge on any atom is -0.396 e. The SMILES string of the molecule is CC1(C)C[C@H]2C3=CC[C@@H]4[C@@]5(C)CC[C@H](O)[C@](C)(CO)[C@@H]5CC[C@@]4(C)[C@]3(C)C[C@@H](O)[C@@]2(CO)[C@@H](O)[C@@H]1O. The van der Waals surface area contributed by atoms with Gasteiger partial charge < -0.3 is 30.6 Å². The summed E-state index contributed by atoms with van der Waals surface area (Å²) < 4.78 is 0. The van der Waals surface area contributed by atoms with Crippen LogP contribution in [0.3, 0.4) is 0 Å².